The summed E-state index contributed by atoms with van der Waals surface area (Å²) < 4.78 is 16.1. The highest BCUT2D eigenvalue weighted by Gasteiger charge is 2.15. The first kappa shape index (κ1) is 24.3. The summed E-state index contributed by atoms with van der Waals surface area (Å²) in [7, 11) is 1.44. The number of nitriles is 1. The summed E-state index contributed by atoms with van der Waals surface area (Å²) in [6.45, 7) is 3.51. The lowest BCUT2D eigenvalue weighted by Crippen LogP contribution is -2.15. The largest absolute Gasteiger partial charge is 0.493 e. The van der Waals surface area contributed by atoms with Crippen molar-refractivity contribution in [3.63, 3.8) is 0 Å². The Morgan fingerprint density at radius 2 is 2.03 bits per heavy atom. The van der Waals surface area contributed by atoms with Crippen molar-refractivity contribution in [1.29, 1.82) is 5.26 Å². The van der Waals surface area contributed by atoms with Crippen molar-refractivity contribution in [2.45, 2.75) is 13.8 Å². The van der Waals surface area contributed by atoms with E-state index in [1.165, 1.54) is 13.2 Å². The lowest BCUT2D eigenvalue weighted by atomic mass is 10.1. The second-order valence-corrected chi connectivity index (χ2v) is 7.48. The second-order valence-electron chi connectivity index (χ2n) is 6.22. The molecule has 0 spiro atoms. The second kappa shape index (κ2) is 11.4. The molecule has 0 aliphatic carbocycles. The minimum Gasteiger partial charge on any atom is -0.493 e. The number of rotatable bonds is 8. The van der Waals surface area contributed by atoms with Gasteiger partial charge in [0.2, 0.25) is 0 Å². The molecule has 0 saturated carbocycles. The zero-order valence-electron chi connectivity index (χ0n) is 17.1. The normalized spacial score (nSPS) is 10.8. The van der Waals surface area contributed by atoms with Crippen molar-refractivity contribution in [1.82, 2.24) is 0 Å². The standard InChI is InChI=1S/C22H20BrClN2O5/c1-4-30-20(27)12-31-21-17(23)8-14(9-19(21)29-3)7-15(11-25)22(28)26-16-6-5-13(2)18(24)10-16/h5-10H,4,12H2,1-3H3,(H,26,28)/b15-7-. The van der Waals surface area contributed by atoms with E-state index in [0.29, 0.717) is 32.2 Å². The van der Waals surface area contributed by atoms with E-state index in [1.54, 1.807) is 37.3 Å². The number of hydrogen-bond donors (Lipinski definition) is 1. The van der Waals surface area contributed by atoms with Gasteiger partial charge >= 0.3 is 5.97 Å². The molecule has 7 nitrogen and oxygen atoms in total. The minimum absolute atomic E-state index is 0.120. The molecule has 0 aromatic heterocycles. The Balaban J connectivity index is 2.25. The van der Waals surface area contributed by atoms with Crippen molar-refractivity contribution in [3.05, 3.63) is 56.5 Å². The molecule has 31 heavy (non-hydrogen) atoms. The van der Waals surface area contributed by atoms with Crippen molar-refractivity contribution < 1.29 is 23.8 Å². The molecular formula is C22H20BrClN2O5. The van der Waals surface area contributed by atoms with Crippen LogP contribution in [0.25, 0.3) is 6.08 Å². The number of amides is 1. The molecule has 0 aliphatic rings. The Morgan fingerprint density at radius 3 is 2.65 bits per heavy atom. The van der Waals surface area contributed by atoms with Crippen molar-refractivity contribution in [3.8, 4) is 17.6 Å². The summed E-state index contributed by atoms with van der Waals surface area (Å²) in [5.41, 5.74) is 1.74. The fraction of sp³-hybridized carbons (Fsp3) is 0.227. The number of carbonyl (C=O) groups is 2. The van der Waals surface area contributed by atoms with Gasteiger partial charge in [-0.2, -0.15) is 5.26 Å². The zero-order chi connectivity index (χ0) is 23.0. The summed E-state index contributed by atoms with van der Waals surface area (Å²) in [5, 5.41) is 12.6. The number of ether oxygens (including phenoxy) is 3. The summed E-state index contributed by atoms with van der Waals surface area (Å²) in [6, 6.07) is 10.2. The molecule has 0 saturated heterocycles. The number of nitrogens with one attached hydrogen (secondary N) is 1. The van der Waals surface area contributed by atoms with Crippen molar-refractivity contribution in [2.75, 3.05) is 25.6 Å². The number of methoxy groups -OCH3 is 1. The van der Waals surface area contributed by atoms with Gasteiger partial charge in [0, 0.05) is 10.7 Å². The quantitative estimate of drug-likeness (QED) is 0.310. The van der Waals surface area contributed by atoms with E-state index < -0.39 is 11.9 Å². The molecular weight excluding hydrogens is 488 g/mol. The van der Waals surface area contributed by atoms with Gasteiger partial charge in [-0.05, 0) is 71.2 Å². The van der Waals surface area contributed by atoms with Crippen LogP contribution in [0.5, 0.6) is 11.5 Å². The SMILES string of the molecule is CCOC(=O)COc1c(Br)cc(/C=C(/C#N)C(=O)Nc2ccc(C)c(Cl)c2)cc1OC. The predicted octanol–water partition coefficient (Wildman–Crippen LogP) is 4.91. The van der Waals surface area contributed by atoms with Gasteiger partial charge in [-0.15, -0.1) is 0 Å². The van der Waals surface area contributed by atoms with Gasteiger partial charge in [-0.1, -0.05) is 17.7 Å². The summed E-state index contributed by atoms with van der Waals surface area (Å²) in [4.78, 5) is 24.1. The van der Waals surface area contributed by atoms with E-state index in [0.717, 1.165) is 5.56 Å². The fourth-order valence-electron chi connectivity index (χ4n) is 2.48. The van der Waals surface area contributed by atoms with Crippen LogP contribution >= 0.6 is 27.5 Å². The predicted molar refractivity (Wildman–Crippen MR) is 121 cm³/mol. The van der Waals surface area contributed by atoms with Gasteiger partial charge in [0.1, 0.15) is 11.6 Å². The van der Waals surface area contributed by atoms with E-state index in [1.807, 2.05) is 13.0 Å². The van der Waals surface area contributed by atoms with E-state index in [4.69, 9.17) is 25.8 Å². The van der Waals surface area contributed by atoms with Crippen LogP contribution in [-0.4, -0.2) is 32.2 Å². The minimum atomic E-state index is -0.583. The molecule has 2 aromatic rings. The van der Waals surface area contributed by atoms with Crippen LogP contribution < -0.4 is 14.8 Å². The third kappa shape index (κ3) is 6.74. The highest BCUT2D eigenvalue weighted by molar-refractivity contribution is 9.10. The molecule has 0 fully saturated rings. The van der Waals surface area contributed by atoms with Crippen LogP contribution in [0.15, 0.2) is 40.4 Å². The highest BCUT2D eigenvalue weighted by Crippen LogP contribution is 2.37. The van der Waals surface area contributed by atoms with Crippen LogP contribution in [0, 0.1) is 18.3 Å². The van der Waals surface area contributed by atoms with Gasteiger partial charge in [0.25, 0.3) is 5.91 Å². The van der Waals surface area contributed by atoms with E-state index in [-0.39, 0.29) is 18.8 Å². The summed E-state index contributed by atoms with van der Waals surface area (Å²) in [6.07, 6.45) is 1.41. The lowest BCUT2D eigenvalue weighted by molar-refractivity contribution is -0.145. The smallest absolute Gasteiger partial charge is 0.344 e. The molecule has 1 amide bonds. The Bertz CT molecular complexity index is 1060. The zero-order valence-corrected chi connectivity index (χ0v) is 19.5. The number of aryl methyl sites for hydroxylation is 1. The number of benzene rings is 2. The number of anilines is 1. The average Bonchev–Trinajstić information content (AvgIpc) is 2.73. The first-order valence-corrected chi connectivity index (χ1v) is 10.3. The van der Waals surface area contributed by atoms with E-state index >= 15 is 0 Å². The molecule has 1 N–H and O–H groups in total. The first-order valence-electron chi connectivity index (χ1n) is 9.14. The molecule has 0 bridgehead atoms. The first-order chi connectivity index (χ1) is 14.8. The van der Waals surface area contributed by atoms with E-state index in [2.05, 4.69) is 21.2 Å². The Labute approximate surface area is 193 Å². The maximum absolute atomic E-state index is 12.5. The highest BCUT2D eigenvalue weighted by atomic mass is 79.9. The molecule has 0 heterocycles. The van der Waals surface area contributed by atoms with Gasteiger partial charge in [-0.3, -0.25) is 4.79 Å². The molecule has 0 unspecified atom stereocenters. The number of carbonyl (C=O) groups excluding carboxylic acids is 2. The molecule has 0 atom stereocenters. The third-order valence-electron chi connectivity index (χ3n) is 4.00. The maximum atomic E-state index is 12.5. The van der Waals surface area contributed by atoms with Crippen LogP contribution in [0.2, 0.25) is 5.02 Å². The maximum Gasteiger partial charge on any atom is 0.344 e. The molecule has 162 valence electrons. The molecule has 9 heteroatoms. The van der Waals surface area contributed by atoms with Gasteiger partial charge in [-0.25, -0.2) is 4.79 Å². The Hall–Kier alpha value is -3.02. The molecule has 2 aromatic carbocycles. The van der Waals surface area contributed by atoms with Crippen molar-refractivity contribution in [2.24, 2.45) is 0 Å². The summed E-state index contributed by atoms with van der Waals surface area (Å²) in [5.74, 6) is -0.488. The number of hydrogen-bond acceptors (Lipinski definition) is 6. The lowest BCUT2D eigenvalue weighted by Gasteiger charge is -2.13. The van der Waals surface area contributed by atoms with Crippen LogP contribution in [-0.2, 0) is 14.3 Å². The summed E-state index contributed by atoms with van der Waals surface area (Å²) >= 11 is 9.44. The number of halogens is 2. The Morgan fingerprint density at radius 1 is 1.29 bits per heavy atom. The van der Waals surface area contributed by atoms with E-state index in [9.17, 15) is 14.9 Å². The van der Waals surface area contributed by atoms with Crippen LogP contribution in [0.4, 0.5) is 5.69 Å². The van der Waals surface area contributed by atoms with Crippen LogP contribution in [0.1, 0.15) is 18.1 Å². The number of nitrogens with zero attached hydrogens (tertiary/aromatic N) is 1. The monoisotopic (exact) mass is 506 g/mol. The topological polar surface area (TPSA) is 97.7 Å². The molecule has 0 aliphatic heterocycles. The van der Waals surface area contributed by atoms with Gasteiger partial charge in [0.05, 0.1) is 18.2 Å². The number of esters is 1. The molecule has 2 rings (SSSR count). The van der Waals surface area contributed by atoms with Gasteiger partial charge in [0.15, 0.2) is 18.1 Å². The van der Waals surface area contributed by atoms with Crippen LogP contribution in [0.3, 0.4) is 0 Å². The molecule has 0 radical (unpaired) electrons. The van der Waals surface area contributed by atoms with Gasteiger partial charge < -0.3 is 19.5 Å². The van der Waals surface area contributed by atoms with Crippen molar-refractivity contribution >= 4 is 51.2 Å². The Kier molecular flexibility index (Phi) is 8.91. The average molecular weight is 508 g/mol. The fourth-order valence-corrected chi connectivity index (χ4v) is 3.24. The third-order valence-corrected chi connectivity index (χ3v) is 4.99.